The van der Waals surface area contributed by atoms with Gasteiger partial charge in [0.05, 0.1) is 11.8 Å². The molecule has 102 valence electrons. The van der Waals surface area contributed by atoms with Crippen LogP contribution < -0.4 is 5.32 Å². The van der Waals surface area contributed by atoms with Crippen molar-refractivity contribution in [2.45, 2.75) is 32.9 Å². The van der Waals surface area contributed by atoms with Crippen molar-refractivity contribution in [1.82, 2.24) is 20.0 Å². The summed E-state index contributed by atoms with van der Waals surface area (Å²) in [4.78, 5) is 14.4. The second-order valence-electron chi connectivity index (χ2n) is 4.75. The molecule has 1 aliphatic heterocycles. The van der Waals surface area contributed by atoms with E-state index in [9.17, 15) is 4.79 Å². The van der Waals surface area contributed by atoms with E-state index in [1.165, 1.54) is 0 Å². The van der Waals surface area contributed by atoms with Crippen molar-refractivity contribution in [3.63, 3.8) is 0 Å². The molecule has 1 aromatic rings. The minimum absolute atomic E-state index is 0. The van der Waals surface area contributed by atoms with Crippen LogP contribution in [-0.4, -0.2) is 45.8 Å². The zero-order valence-corrected chi connectivity index (χ0v) is 12.1. The van der Waals surface area contributed by atoms with E-state index in [1.807, 2.05) is 18.9 Å². The molecule has 0 saturated carbocycles. The first kappa shape index (κ1) is 15.0. The molecule has 6 heteroatoms. The van der Waals surface area contributed by atoms with Gasteiger partial charge in [0.15, 0.2) is 0 Å². The van der Waals surface area contributed by atoms with Crippen LogP contribution >= 0.6 is 12.4 Å². The number of halogens is 1. The molecule has 1 aliphatic rings. The Morgan fingerprint density at radius 2 is 2.17 bits per heavy atom. The van der Waals surface area contributed by atoms with E-state index in [2.05, 4.69) is 24.3 Å². The Labute approximate surface area is 114 Å². The van der Waals surface area contributed by atoms with Crippen LogP contribution in [0.3, 0.4) is 0 Å². The number of piperazine rings is 1. The van der Waals surface area contributed by atoms with Crippen LogP contribution in [-0.2, 0) is 7.05 Å². The Morgan fingerprint density at radius 3 is 2.72 bits per heavy atom. The number of rotatable bonds is 1. The molecule has 2 atom stereocenters. The summed E-state index contributed by atoms with van der Waals surface area (Å²) in [5.41, 5.74) is 1.64. The Balaban J connectivity index is 0.00000162. The molecule has 1 saturated heterocycles. The van der Waals surface area contributed by atoms with E-state index in [-0.39, 0.29) is 24.4 Å². The molecular formula is C12H21ClN4O. The summed E-state index contributed by atoms with van der Waals surface area (Å²) in [6.07, 6.45) is 1.66. The molecule has 0 aromatic carbocycles. The van der Waals surface area contributed by atoms with Crippen molar-refractivity contribution in [3.05, 3.63) is 17.5 Å². The van der Waals surface area contributed by atoms with Crippen LogP contribution in [0.25, 0.3) is 0 Å². The summed E-state index contributed by atoms with van der Waals surface area (Å²) in [6, 6.07) is 0.556. The van der Waals surface area contributed by atoms with E-state index >= 15 is 0 Å². The summed E-state index contributed by atoms with van der Waals surface area (Å²) in [5, 5.41) is 7.50. The maximum atomic E-state index is 12.4. The van der Waals surface area contributed by atoms with Gasteiger partial charge in [-0.15, -0.1) is 12.4 Å². The molecule has 1 aromatic heterocycles. The van der Waals surface area contributed by atoms with E-state index in [0.717, 1.165) is 18.8 Å². The SMILES string of the molecule is Cc1c(C(=O)N2CCNC(C)C2C)cnn1C.Cl. The summed E-state index contributed by atoms with van der Waals surface area (Å²) >= 11 is 0. The normalized spacial score (nSPS) is 23.7. The van der Waals surface area contributed by atoms with Gasteiger partial charge in [-0.2, -0.15) is 5.10 Å². The third-order valence-electron chi connectivity index (χ3n) is 3.76. The summed E-state index contributed by atoms with van der Waals surface area (Å²) in [7, 11) is 1.86. The van der Waals surface area contributed by atoms with Gasteiger partial charge in [-0.05, 0) is 20.8 Å². The molecule has 0 bridgehead atoms. The van der Waals surface area contributed by atoms with Crippen molar-refractivity contribution in [3.8, 4) is 0 Å². The predicted octanol–water partition coefficient (Wildman–Crippen LogP) is 0.973. The lowest BCUT2D eigenvalue weighted by Crippen LogP contribution is -2.57. The highest BCUT2D eigenvalue weighted by molar-refractivity contribution is 5.95. The van der Waals surface area contributed by atoms with Crippen LogP contribution in [0.5, 0.6) is 0 Å². The molecule has 18 heavy (non-hydrogen) atoms. The summed E-state index contributed by atoms with van der Waals surface area (Å²) in [5.74, 6) is 0.0939. The number of carbonyl (C=O) groups excluding carboxylic acids is 1. The Morgan fingerprint density at radius 1 is 1.50 bits per heavy atom. The third-order valence-corrected chi connectivity index (χ3v) is 3.76. The quantitative estimate of drug-likeness (QED) is 0.829. The average Bonchev–Trinajstić information content (AvgIpc) is 2.63. The van der Waals surface area contributed by atoms with Crippen molar-refractivity contribution in [2.75, 3.05) is 13.1 Å². The van der Waals surface area contributed by atoms with Gasteiger partial charge in [0.25, 0.3) is 5.91 Å². The largest absolute Gasteiger partial charge is 0.333 e. The maximum Gasteiger partial charge on any atom is 0.257 e. The lowest BCUT2D eigenvalue weighted by atomic mass is 10.1. The van der Waals surface area contributed by atoms with Crippen molar-refractivity contribution in [2.24, 2.45) is 7.05 Å². The Kier molecular flexibility index (Phi) is 4.76. The van der Waals surface area contributed by atoms with Gasteiger partial charge < -0.3 is 10.2 Å². The average molecular weight is 273 g/mol. The summed E-state index contributed by atoms with van der Waals surface area (Å²) < 4.78 is 1.74. The molecule has 0 aliphatic carbocycles. The standard InChI is InChI=1S/C12H20N4O.ClH/c1-8-9(2)16(6-5-13-8)12(17)11-7-14-15(4)10(11)3;/h7-9,13H,5-6H2,1-4H3;1H. The van der Waals surface area contributed by atoms with E-state index in [4.69, 9.17) is 0 Å². The van der Waals surface area contributed by atoms with Gasteiger partial charge in [-0.3, -0.25) is 9.48 Å². The van der Waals surface area contributed by atoms with Crippen LogP contribution in [0.4, 0.5) is 0 Å². The number of hydrogen-bond acceptors (Lipinski definition) is 3. The van der Waals surface area contributed by atoms with E-state index < -0.39 is 0 Å². The number of aryl methyl sites for hydroxylation is 1. The molecule has 2 unspecified atom stereocenters. The molecule has 1 fully saturated rings. The van der Waals surface area contributed by atoms with Crippen LogP contribution in [0.2, 0.25) is 0 Å². The van der Waals surface area contributed by atoms with Gasteiger partial charge in [-0.25, -0.2) is 0 Å². The minimum atomic E-state index is 0. The maximum absolute atomic E-state index is 12.4. The van der Waals surface area contributed by atoms with Gasteiger partial charge in [0.1, 0.15) is 0 Å². The molecule has 0 spiro atoms. The van der Waals surface area contributed by atoms with E-state index in [1.54, 1.807) is 10.9 Å². The molecular weight excluding hydrogens is 252 g/mol. The van der Waals surface area contributed by atoms with Crippen molar-refractivity contribution in [1.29, 1.82) is 0 Å². The van der Waals surface area contributed by atoms with Gasteiger partial charge in [0, 0.05) is 37.9 Å². The fourth-order valence-electron chi connectivity index (χ4n) is 2.21. The number of amides is 1. The van der Waals surface area contributed by atoms with E-state index in [0.29, 0.717) is 11.6 Å². The molecule has 1 amide bonds. The van der Waals surface area contributed by atoms with Crippen LogP contribution in [0.1, 0.15) is 29.9 Å². The molecule has 5 nitrogen and oxygen atoms in total. The first-order valence-electron chi connectivity index (χ1n) is 6.05. The third kappa shape index (κ3) is 2.52. The number of nitrogens with one attached hydrogen (secondary N) is 1. The smallest absolute Gasteiger partial charge is 0.257 e. The van der Waals surface area contributed by atoms with Gasteiger partial charge >= 0.3 is 0 Å². The minimum Gasteiger partial charge on any atom is -0.333 e. The lowest BCUT2D eigenvalue weighted by molar-refractivity contribution is 0.0602. The molecule has 0 radical (unpaired) electrons. The number of hydrogen-bond donors (Lipinski definition) is 1. The van der Waals surface area contributed by atoms with Gasteiger partial charge in [0.2, 0.25) is 0 Å². The second-order valence-corrected chi connectivity index (χ2v) is 4.75. The topological polar surface area (TPSA) is 50.2 Å². The zero-order valence-electron chi connectivity index (χ0n) is 11.3. The molecule has 1 N–H and O–H groups in total. The monoisotopic (exact) mass is 272 g/mol. The molecule has 2 heterocycles. The fourth-order valence-corrected chi connectivity index (χ4v) is 2.21. The van der Waals surface area contributed by atoms with Crippen molar-refractivity contribution < 1.29 is 4.79 Å². The first-order valence-corrected chi connectivity index (χ1v) is 6.05. The predicted molar refractivity (Wildman–Crippen MR) is 73.2 cm³/mol. The van der Waals surface area contributed by atoms with Crippen LogP contribution in [0.15, 0.2) is 6.20 Å². The fraction of sp³-hybridized carbons (Fsp3) is 0.667. The first-order chi connectivity index (χ1) is 8.02. The zero-order chi connectivity index (χ0) is 12.6. The van der Waals surface area contributed by atoms with Crippen molar-refractivity contribution >= 4 is 18.3 Å². The van der Waals surface area contributed by atoms with Crippen LogP contribution in [0, 0.1) is 6.92 Å². The highest BCUT2D eigenvalue weighted by Crippen LogP contribution is 2.15. The number of carbonyl (C=O) groups is 1. The molecule has 2 rings (SSSR count). The highest BCUT2D eigenvalue weighted by Gasteiger charge is 2.30. The number of nitrogens with zero attached hydrogens (tertiary/aromatic N) is 3. The Hall–Kier alpha value is -1.07. The summed E-state index contributed by atoms with van der Waals surface area (Å²) in [6.45, 7) is 7.74. The van der Waals surface area contributed by atoms with Gasteiger partial charge in [-0.1, -0.05) is 0 Å². The Bertz CT molecular complexity index is 432. The number of aromatic nitrogens is 2. The second kappa shape index (κ2) is 5.71. The highest BCUT2D eigenvalue weighted by atomic mass is 35.5. The lowest BCUT2D eigenvalue weighted by Gasteiger charge is -2.38.